The number of rotatable bonds is 6. The predicted molar refractivity (Wildman–Crippen MR) is 96.8 cm³/mol. The molecule has 0 aliphatic carbocycles. The number of hydrogen-bond acceptors (Lipinski definition) is 6. The predicted octanol–water partition coefficient (Wildman–Crippen LogP) is 1.74. The molecular weight excluding hydrogens is 369 g/mol. The summed E-state index contributed by atoms with van der Waals surface area (Å²) in [5, 5.41) is 7.17. The molecule has 1 aliphatic heterocycles. The highest BCUT2D eigenvalue weighted by molar-refractivity contribution is 5.86. The van der Waals surface area contributed by atoms with Crippen molar-refractivity contribution < 1.29 is 28.0 Å². The van der Waals surface area contributed by atoms with E-state index in [4.69, 9.17) is 4.52 Å². The molecule has 0 saturated carbocycles. The molecule has 0 bridgehead atoms. The fourth-order valence-corrected chi connectivity index (χ4v) is 3.34. The van der Waals surface area contributed by atoms with Crippen LogP contribution in [-0.4, -0.2) is 54.6 Å². The molecule has 0 atom stereocenters. The normalized spacial score (nSPS) is 14.9. The molecule has 1 aromatic carbocycles. The van der Waals surface area contributed by atoms with Gasteiger partial charge in [-0.05, 0) is 31.0 Å². The van der Waals surface area contributed by atoms with Crippen LogP contribution in [0.1, 0.15) is 37.3 Å². The van der Waals surface area contributed by atoms with E-state index >= 15 is 0 Å². The van der Waals surface area contributed by atoms with Crippen molar-refractivity contribution in [1.29, 1.82) is 0 Å². The summed E-state index contributed by atoms with van der Waals surface area (Å²) in [5.41, 5.74) is 1.27. The lowest BCUT2D eigenvalue weighted by Gasteiger charge is -2.31. The van der Waals surface area contributed by atoms with Crippen molar-refractivity contribution in [2.45, 2.75) is 31.6 Å². The number of methoxy groups -OCH3 is 1. The second kappa shape index (κ2) is 8.81. The minimum Gasteiger partial charge on any atom is -0.468 e. The molecule has 0 radical (unpaired) electrons. The maximum Gasteiger partial charge on any atom is 0.325 e. The van der Waals surface area contributed by atoms with Gasteiger partial charge < -0.3 is 19.5 Å². The lowest BCUT2D eigenvalue weighted by molar-refractivity contribution is -0.141. The molecule has 0 spiro atoms. The van der Waals surface area contributed by atoms with Gasteiger partial charge in [-0.2, -0.15) is 0 Å². The summed E-state index contributed by atoms with van der Waals surface area (Å²) >= 11 is 0. The average molecular weight is 391 g/mol. The van der Waals surface area contributed by atoms with Crippen LogP contribution in [0, 0.1) is 5.82 Å². The Kier molecular flexibility index (Phi) is 6.23. The van der Waals surface area contributed by atoms with Crippen LogP contribution in [-0.2, 0) is 19.1 Å². The Balaban J connectivity index is 1.48. The first-order valence-corrected chi connectivity index (χ1v) is 9.14. The molecule has 3 rings (SSSR count). The lowest BCUT2D eigenvalue weighted by Crippen LogP contribution is -2.38. The van der Waals surface area contributed by atoms with Gasteiger partial charge in [0.2, 0.25) is 11.8 Å². The Morgan fingerprint density at radius 2 is 2.04 bits per heavy atom. The third kappa shape index (κ3) is 4.65. The van der Waals surface area contributed by atoms with Gasteiger partial charge in [-0.15, -0.1) is 0 Å². The van der Waals surface area contributed by atoms with E-state index < -0.39 is 5.97 Å². The van der Waals surface area contributed by atoms with Gasteiger partial charge >= 0.3 is 5.97 Å². The molecule has 2 aromatic rings. The summed E-state index contributed by atoms with van der Waals surface area (Å²) in [6, 6.07) is 4.32. The Morgan fingerprint density at radius 1 is 1.29 bits per heavy atom. The standard InChI is InChI=1S/C19H22FN3O5/c1-27-18(26)11-21-16(24)4-5-17(25)23-8-6-12(7-9-23)19-14-10-13(20)2-3-15(14)28-22-19/h2-3,10,12H,4-9,11H2,1H3,(H,21,24). The minimum absolute atomic E-state index is 0.0168. The van der Waals surface area contributed by atoms with Crippen molar-refractivity contribution in [2.75, 3.05) is 26.7 Å². The van der Waals surface area contributed by atoms with E-state index in [2.05, 4.69) is 15.2 Å². The van der Waals surface area contributed by atoms with E-state index in [-0.39, 0.29) is 42.9 Å². The smallest absolute Gasteiger partial charge is 0.325 e. The Morgan fingerprint density at radius 3 is 2.75 bits per heavy atom. The van der Waals surface area contributed by atoms with Crippen LogP contribution < -0.4 is 5.32 Å². The number of halogens is 1. The van der Waals surface area contributed by atoms with Crippen LogP contribution >= 0.6 is 0 Å². The molecule has 1 fully saturated rings. The van der Waals surface area contributed by atoms with Crippen LogP contribution in [0.5, 0.6) is 0 Å². The van der Waals surface area contributed by atoms with Crippen LogP contribution in [0.15, 0.2) is 22.7 Å². The van der Waals surface area contributed by atoms with E-state index in [9.17, 15) is 18.8 Å². The molecule has 1 N–H and O–H groups in total. The number of fused-ring (bicyclic) bond motifs is 1. The second-order valence-electron chi connectivity index (χ2n) is 6.72. The number of nitrogens with zero attached hydrogens (tertiary/aromatic N) is 2. The number of carbonyl (C=O) groups excluding carboxylic acids is 3. The third-order valence-corrected chi connectivity index (χ3v) is 4.92. The number of likely N-dealkylation sites (tertiary alicyclic amines) is 1. The summed E-state index contributed by atoms with van der Waals surface area (Å²) in [6.45, 7) is 0.870. The number of ether oxygens (including phenoxy) is 1. The first-order chi connectivity index (χ1) is 13.5. The molecule has 8 nitrogen and oxygen atoms in total. The molecule has 1 aromatic heterocycles. The first kappa shape index (κ1) is 19.8. The van der Waals surface area contributed by atoms with E-state index in [1.165, 1.54) is 19.2 Å². The molecule has 9 heteroatoms. The quantitative estimate of drug-likeness (QED) is 0.753. The maximum atomic E-state index is 13.5. The van der Waals surface area contributed by atoms with Crippen LogP contribution in [0.25, 0.3) is 11.0 Å². The third-order valence-electron chi connectivity index (χ3n) is 4.92. The number of aromatic nitrogens is 1. The van der Waals surface area contributed by atoms with E-state index in [0.29, 0.717) is 36.9 Å². The highest BCUT2D eigenvalue weighted by Crippen LogP contribution is 2.33. The Hall–Kier alpha value is -2.97. The lowest BCUT2D eigenvalue weighted by atomic mass is 9.91. The van der Waals surface area contributed by atoms with Gasteiger partial charge in [-0.3, -0.25) is 14.4 Å². The van der Waals surface area contributed by atoms with Gasteiger partial charge in [-0.25, -0.2) is 4.39 Å². The molecule has 1 aliphatic rings. The number of carbonyl (C=O) groups is 3. The van der Waals surface area contributed by atoms with Crippen molar-refractivity contribution in [1.82, 2.24) is 15.4 Å². The molecular formula is C19H22FN3O5. The monoisotopic (exact) mass is 391 g/mol. The highest BCUT2D eigenvalue weighted by atomic mass is 19.1. The topological polar surface area (TPSA) is 102 Å². The van der Waals surface area contributed by atoms with Crippen LogP contribution in [0.3, 0.4) is 0 Å². The Bertz CT molecular complexity index is 874. The summed E-state index contributed by atoms with van der Waals surface area (Å²) < 4.78 is 23.2. The molecule has 28 heavy (non-hydrogen) atoms. The van der Waals surface area contributed by atoms with Gasteiger partial charge in [-0.1, -0.05) is 5.16 Å². The van der Waals surface area contributed by atoms with Gasteiger partial charge in [0, 0.05) is 37.2 Å². The number of hydrogen-bond donors (Lipinski definition) is 1. The van der Waals surface area contributed by atoms with E-state index in [0.717, 1.165) is 5.69 Å². The largest absolute Gasteiger partial charge is 0.468 e. The molecule has 2 amide bonds. The molecule has 2 heterocycles. The first-order valence-electron chi connectivity index (χ1n) is 9.14. The van der Waals surface area contributed by atoms with Crippen molar-refractivity contribution in [2.24, 2.45) is 0 Å². The van der Waals surface area contributed by atoms with Crippen LogP contribution in [0.2, 0.25) is 0 Å². The van der Waals surface area contributed by atoms with Crippen LogP contribution in [0.4, 0.5) is 4.39 Å². The van der Waals surface area contributed by atoms with Crippen molar-refractivity contribution in [3.8, 4) is 0 Å². The van der Waals surface area contributed by atoms with Gasteiger partial charge in [0.1, 0.15) is 12.4 Å². The van der Waals surface area contributed by atoms with Crippen molar-refractivity contribution >= 4 is 28.8 Å². The molecule has 0 unspecified atom stereocenters. The fourth-order valence-electron chi connectivity index (χ4n) is 3.34. The van der Waals surface area contributed by atoms with Crippen molar-refractivity contribution in [3.05, 3.63) is 29.7 Å². The summed E-state index contributed by atoms with van der Waals surface area (Å²) in [4.78, 5) is 36.7. The van der Waals surface area contributed by atoms with E-state index in [1.54, 1.807) is 11.0 Å². The number of amides is 2. The number of nitrogens with one attached hydrogen (secondary N) is 1. The molecule has 150 valence electrons. The van der Waals surface area contributed by atoms with Gasteiger partial charge in [0.25, 0.3) is 0 Å². The number of esters is 1. The van der Waals surface area contributed by atoms with Crippen molar-refractivity contribution in [3.63, 3.8) is 0 Å². The zero-order valence-corrected chi connectivity index (χ0v) is 15.6. The zero-order chi connectivity index (χ0) is 20.1. The number of piperidine rings is 1. The van der Waals surface area contributed by atoms with E-state index in [1.807, 2.05) is 0 Å². The van der Waals surface area contributed by atoms with Gasteiger partial charge in [0.05, 0.1) is 12.8 Å². The zero-order valence-electron chi connectivity index (χ0n) is 15.6. The summed E-state index contributed by atoms with van der Waals surface area (Å²) in [7, 11) is 1.24. The average Bonchev–Trinajstić information content (AvgIpc) is 3.13. The Labute approximate surface area is 161 Å². The molecule has 1 saturated heterocycles. The fraction of sp³-hybridized carbons (Fsp3) is 0.474. The SMILES string of the molecule is COC(=O)CNC(=O)CCC(=O)N1CCC(c2noc3ccc(F)cc23)CC1. The minimum atomic E-state index is -0.540. The summed E-state index contributed by atoms with van der Waals surface area (Å²) in [5.74, 6) is -1.26. The van der Waals surface area contributed by atoms with Gasteiger partial charge in [0.15, 0.2) is 5.58 Å². The summed E-state index contributed by atoms with van der Waals surface area (Å²) in [6.07, 6.45) is 1.48. The maximum absolute atomic E-state index is 13.5. The highest BCUT2D eigenvalue weighted by Gasteiger charge is 2.27. The second-order valence-corrected chi connectivity index (χ2v) is 6.72. The number of benzene rings is 1.